The van der Waals surface area contributed by atoms with Gasteiger partial charge in [0.2, 0.25) is 5.91 Å². The number of halogens is 3. The quantitative estimate of drug-likeness (QED) is 0.457. The standard InChI is InChI=1S/C22H19F3N4O3/c1-2-32-14-7-5-13(6-8-14)28-21-15(4-3-11-26-21)22(31)27-12-18(30)29-17-10-9-16(23)19(24)20(17)25/h3-11H,2,12H2,1H3,(H,26,28)(H,27,31)(H,29,30). The Morgan fingerprint density at radius 1 is 1.00 bits per heavy atom. The second-order valence-electron chi connectivity index (χ2n) is 6.44. The molecule has 1 aromatic heterocycles. The molecule has 0 spiro atoms. The van der Waals surface area contributed by atoms with Crippen LogP contribution in [0.2, 0.25) is 0 Å². The summed E-state index contributed by atoms with van der Waals surface area (Å²) < 4.78 is 45.3. The number of hydrogen-bond acceptors (Lipinski definition) is 5. The van der Waals surface area contributed by atoms with Crippen molar-refractivity contribution in [1.29, 1.82) is 0 Å². The molecule has 10 heteroatoms. The highest BCUT2D eigenvalue weighted by atomic mass is 19.2. The number of pyridine rings is 1. The summed E-state index contributed by atoms with van der Waals surface area (Å²) >= 11 is 0. The van der Waals surface area contributed by atoms with E-state index in [1.54, 1.807) is 30.3 Å². The van der Waals surface area contributed by atoms with Crippen molar-refractivity contribution in [3.8, 4) is 5.75 Å². The summed E-state index contributed by atoms with van der Waals surface area (Å²) in [6.45, 7) is 1.88. The molecule has 2 amide bonds. The average molecular weight is 444 g/mol. The Balaban J connectivity index is 1.63. The van der Waals surface area contributed by atoms with Gasteiger partial charge in [0, 0.05) is 11.9 Å². The molecule has 0 saturated heterocycles. The predicted octanol–water partition coefficient (Wildman–Crippen LogP) is 4.01. The molecule has 166 valence electrons. The first-order valence-corrected chi connectivity index (χ1v) is 9.55. The van der Waals surface area contributed by atoms with Crippen molar-refractivity contribution in [2.45, 2.75) is 6.92 Å². The van der Waals surface area contributed by atoms with Crippen molar-refractivity contribution in [3.63, 3.8) is 0 Å². The predicted molar refractivity (Wildman–Crippen MR) is 112 cm³/mol. The van der Waals surface area contributed by atoms with Crippen molar-refractivity contribution >= 4 is 29.0 Å². The van der Waals surface area contributed by atoms with Crippen LogP contribution >= 0.6 is 0 Å². The molecule has 0 saturated carbocycles. The minimum absolute atomic E-state index is 0.160. The molecule has 32 heavy (non-hydrogen) atoms. The highest BCUT2D eigenvalue weighted by molar-refractivity contribution is 6.02. The van der Waals surface area contributed by atoms with Crippen LogP contribution in [0.3, 0.4) is 0 Å². The van der Waals surface area contributed by atoms with Crippen LogP contribution < -0.4 is 20.7 Å². The van der Waals surface area contributed by atoms with Crippen LogP contribution in [0.15, 0.2) is 54.7 Å². The first-order chi connectivity index (χ1) is 15.4. The van der Waals surface area contributed by atoms with Gasteiger partial charge in [-0.25, -0.2) is 18.2 Å². The lowest BCUT2D eigenvalue weighted by Gasteiger charge is -2.12. The van der Waals surface area contributed by atoms with Crippen molar-refractivity contribution in [2.75, 3.05) is 23.8 Å². The lowest BCUT2D eigenvalue weighted by molar-refractivity contribution is -0.115. The topological polar surface area (TPSA) is 92.3 Å². The van der Waals surface area contributed by atoms with E-state index in [1.165, 1.54) is 12.3 Å². The second kappa shape index (κ2) is 10.3. The number of hydrogen-bond donors (Lipinski definition) is 3. The molecule has 7 nitrogen and oxygen atoms in total. The summed E-state index contributed by atoms with van der Waals surface area (Å²) in [5, 5.41) is 7.47. The number of ether oxygens (including phenoxy) is 1. The fourth-order valence-corrected chi connectivity index (χ4v) is 2.70. The molecule has 3 N–H and O–H groups in total. The zero-order chi connectivity index (χ0) is 23.1. The molecule has 0 fully saturated rings. The van der Waals surface area contributed by atoms with Crippen molar-refractivity contribution in [2.24, 2.45) is 0 Å². The summed E-state index contributed by atoms with van der Waals surface area (Å²) in [5.74, 6) is -5.11. The largest absolute Gasteiger partial charge is 0.494 e. The van der Waals surface area contributed by atoms with E-state index in [2.05, 4.69) is 20.9 Å². The molecule has 2 aromatic carbocycles. The van der Waals surface area contributed by atoms with Crippen LogP contribution in [0.5, 0.6) is 5.75 Å². The van der Waals surface area contributed by atoms with E-state index in [0.717, 1.165) is 6.07 Å². The molecule has 0 aliphatic heterocycles. The van der Waals surface area contributed by atoms with E-state index in [4.69, 9.17) is 4.74 Å². The Labute approximate surface area is 181 Å². The van der Waals surface area contributed by atoms with Crippen LogP contribution in [0.4, 0.5) is 30.4 Å². The number of rotatable bonds is 8. The van der Waals surface area contributed by atoms with Crippen molar-refractivity contribution < 1.29 is 27.5 Å². The summed E-state index contributed by atoms with van der Waals surface area (Å²) in [7, 11) is 0. The number of amides is 2. The number of nitrogens with one attached hydrogen (secondary N) is 3. The Kier molecular flexibility index (Phi) is 7.27. The Bertz CT molecular complexity index is 1120. The van der Waals surface area contributed by atoms with Gasteiger partial charge in [0.1, 0.15) is 11.6 Å². The molecule has 0 aliphatic rings. The van der Waals surface area contributed by atoms with Crippen LogP contribution in [0.1, 0.15) is 17.3 Å². The highest BCUT2D eigenvalue weighted by Crippen LogP contribution is 2.22. The monoisotopic (exact) mass is 444 g/mol. The third kappa shape index (κ3) is 5.54. The van der Waals surface area contributed by atoms with Gasteiger partial charge in [-0.3, -0.25) is 9.59 Å². The molecule has 0 radical (unpaired) electrons. The lowest BCUT2D eigenvalue weighted by Crippen LogP contribution is -2.33. The smallest absolute Gasteiger partial charge is 0.255 e. The fraction of sp³-hybridized carbons (Fsp3) is 0.136. The van der Waals surface area contributed by atoms with Crippen LogP contribution in [-0.4, -0.2) is 29.9 Å². The van der Waals surface area contributed by atoms with Crippen molar-refractivity contribution in [1.82, 2.24) is 10.3 Å². The van der Waals surface area contributed by atoms with Gasteiger partial charge in [0.25, 0.3) is 5.91 Å². The molecule has 0 unspecified atom stereocenters. The molecule has 3 aromatic rings. The summed E-state index contributed by atoms with van der Waals surface area (Å²) in [5.41, 5.74) is 0.281. The molecule has 1 heterocycles. The maximum atomic E-state index is 13.7. The molecular formula is C22H19F3N4O3. The van der Waals surface area contributed by atoms with Gasteiger partial charge in [0.05, 0.1) is 24.4 Å². The van der Waals surface area contributed by atoms with E-state index in [9.17, 15) is 22.8 Å². The Morgan fingerprint density at radius 2 is 1.75 bits per heavy atom. The van der Waals surface area contributed by atoms with Gasteiger partial charge < -0.3 is 20.7 Å². The van der Waals surface area contributed by atoms with Crippen LogP contribution in [-0.2, 0) is 4.79 Å². The number of aromatic nitrogens is 1. The molecular weight excluding hydrogens is 425 g/mol. The van der Waals surface area contributed by atoms with Gasteiger partial charge in [0.15, 0.2) is 17.5 Å². The zero-order valence-electron chi connectivity index (χ0n) is 16.9. The van der Waals surface area contributed by atoms with Gasteiger partial charge in [-0.1, -0.05) is 0 Å². The first kappa shape index (κ1) is 22.6. The maximum Gasteiger partial charge on any atom is 0.255 e. The van der Waals surface area contributed by atoms with Gasteiger partial charge in [-0.05, 0) is 55.5 Å². The zero-order valence-corrected chi connectivity index (χ0v) is 16.9. The molecule has 0 atom stereocenters. The summed E-state index contributed by atoms with van der Waals surface area (Å²) in [6.07, 6.45) is 1.49. The van der Waals surface area contributed by atoms with Gasteiger partial charge >= 0.3 is 0 Å². The minimum Gasteiger partial charge on any atom is -0.494 e. The van der Waals surface area contributed by atoms with Gasteiger partial charge in [-0.2, -0.15) is 0 Å². The number of carbonyl (C=O) groups is 2. The highest BCUT2D eigenvalue weighted by Gasteiger charge is 2.17. The average Bonchev–Trinajstić information content (AvgIpc) is 2.80. The Morgan fingerprint density at radius 3 is 2.47 bits per heavy atom. The second-order valence-corrected chi connectivity index (χ2v) is 6.44. The number of benzene rings is 2. The third-order valence-corrected chi connectivity index (χ3v) is 4.20. The Hall–Kier alpha value is -4.08. The molecule has 3 rings (SSSR count). The van der Waals surface area contributed by atoms with E-state index < -0.39 is 41.5 Å². The lowest BCUT2D eigenvalue weighted by atomic mass is 10.2. The van der Waals surface area contributed by atoms with E-state index >= 15 is 0 Å². The minimum atomic E-state index is -1.70. The number of nitrogens with zero attached hydrogens (tertiary/aromatic N) is 1. The number of carbonyl (C=O) groups excluding carboxylic acids is 2. The van der Waals surface area contributed by atoms with E-state index in [0.29, 0.717) is 24.1 Å². The fourth-order valence-electron chi connectivity index (χ4n) is 2.70. The molecule has 0 aliphatic carbocycles. The van der Waals surface area contributed by atoms with Crippen molar-refractivity contribution in [3.05, 3.63) is 77.7 Å². The maximum absolute atomic E-state index is 13.7. The normalized spacial score (nSPS) is 10.4. The van der Waals surface area contributed by atoms with E-state index in [-0.39, 0.29) is 11.4 Å². The van der Waals surface area contributed by atoms with Crippen LogP contribution in [0, 0.1) is 17.5 Å². The summed E-state index contributed by atoms with van der Waals surface area (Å²) in [4.78, 5) is 28.7. The summed E-state index contributed by atoms with van der Waals surface area (Å²) in [6, 6.07) is 11.7. The third-order valence-electron chi connectivity index (χ3n) is 4.20. The molecule has 0 bridgehead atoms. The SMILES string of the molecule is CCOc1ccc(Nc2ncccc2C(=O)NCC(=O)Nc2ccc(F)c(F)c2F)cc1. The van der Waals surface area contributed by atoms with Gasteiger partial charge in [-0.15, -0.1) is 0 Å². The number of anilines is 3. The first-order valence-electron chi connectivity index (χ1n) is 9.55. The van der Waals surface area contributed by atoms with E-state index in [1.807, 2.05) is 6.92 Å². The van der Waals surface area contributed by atoms with Crippen LogP contribution in [0.25, 0.3) is 0 Å².